The van der Waals surface area contributed by atoms with E-state index in [0.717, 1.165) is 0 Å². The Morgan fingerprint density at radius 3 is 2.08 bits per heavy atom. The van der Waals surface area contributed by atoms with Crippen LogP contribution in [0, 0.1) is 0 Å². The highest BCUT2D eigenvalue weighted by molar-refractivity contribution is 5.88. The summed E-state index contributed by atoms with van der Waals surface area (Å²) in [4.78, 5) is 32.1. The Bertz CT molecular complexity index is 220. The van der Waals surface area contributed by atoms with Crippen LogP contribution in [0.4, 0.5) is 0 Å². The van der Waals surface area contributed by atoms with Gasteiger partial charge in [0.2, 0.25) is 0 Å². The highest BCUT2D eigenvalue weighted by atomic mass is 16.5. The van der Waals surface area contributed by atoms with Gasteiger partial charge in [-0.25, -0.2) is 0 Å². The Labute approximate surface area is 77.3 Å². The highest BCUT2D eigenvalue weighted by Gasteiger charge is 2.15. The average Bonchev–Trinajstić information content (AvgIpc) is 1.98. The number of carbonyl (C=O) groups excluding carboxylic acids is 3. The lowest BCUT2D eigenvalue weighted by Crippen LogP contribution is -2.23. The SMILES string of the molecule is CC(=O)CCC(=O)[C@H](C)OC(C)=O. The standard InChI is InChI=1S/C9H14O4/c1-6(10)4-5-9(12)7(2)13-8(3)11/h7H,4-5H2,1-3H3/t7-/m0/s1. The first-order chi connectivity index (χ1) is 5.93. The molecule has 1 atom stereocenters. The van der Waals surface area contributed by atoms with Gasteiger partial charge in [-0.3, -0.25) is 9.59 Å². The second kappa shape index (κ2) is 5.45. The summed E-state index contributed by atoms with van der Waals surface area (Å²) in [5.41, 5.74) is 0. The predicted molar refractivity (Wildman–Crippen MR) is 46.2 cm³/mol. The maximum absolute atomic E-state index is 11.2. The van der Waals surface area contributed by atoms with E-state index < -0.39 is 12.1 Å². The van der Waals surface area contributed by atoms with E-state index in [1.54, 1.807) is 0 Å². The Hall–Kier alpha value is -1.19. The molecule has 0 fully saturated rings. The van der Waals surface area contributed by atoms with E-state index in [0.29, 0.717) is 0 Å². The number of carbonyl (C=O) groups is 3. The van der Waals surface area contributed by atoms with E-state index in [4.69, 9.17) is 0 Å². The smallest absolute Gasteiger partial charge is 0.303 e. The van der Waals surface area contributed by atoms with Gasteiger partial charge >= 0.3 is 5.97 Å². The van der Waals surface area contributed by atoms with Gasteiger partial charge in [0.15, 0.2) is 11.9 Å². The van der Waals surface area contributed by atoms with Gasteiger partial charge in [0, 0.05) is 19.8 Å². The molecule has 0 bridgehead atoms. The van der Waals surface area contributed by atoms with Crippen molar-refractivity contribution in [2.24, 2.45) is 0 Å². The van der Waals surface area contributed by atoms with Crippen molar-refractivity contribution < 1.29 is 19.1 Å². The number of ketones is 2. The molecule has 0 aromatic carbocycles. The van der Waals surface area contributed by atoms with Crippen LogP contribution in [0.2, 0.25) is 0 Å². The van der Waals surface area contributed by atoms with E-state index in [2.05, 4.69) is 4.74 Å². The summed E-state index contributed by atoms with van der Waals surface area (Å²) in [6.07, 6.45) is -0.384. The van der Waals surface area contributed by atoms with Crippen LogP contribution in [0.1, 0.15) is 33.6 Å². The van der Waals surface area contributed by atoms with Crippen molar-refractivity contribution in [3.8, 4) is 0 Å². The number of rotatable bonds is 5. The molecule has 0 aliphatic rings. The number of hydrogen-bond donors (Lipinski definition) is 0. The third kappa shape index (κ3) is 6.02. The predicted octanol–water partition coefficient (Wildman–Crippen LogP) is 0.876. The van der Waals surface area contributed by atoms with E-state index in [9.17, 15) is 14.4 Å². The van der Waals surface area contributed by atoms with Crippen molar-refractivity contribution in [3.63, 3.8) is 0 Å². The van der Waals surface area contributed by atoms with E-state index >= 15 is 0 Å². The fourth-order valence-corrected chi connectivity index (χ4v) is 0.817. The summed E-state index contributed by atoms with van der Waals surface area (Å²) in [5, 5.41) is 0. The minimum absolute atomic E-state index is 0.0385. The molecule has 0 amide bonds. The fraction of sp³-hybridized carbons (Fsp3) is 0.667. The number of hydrogen-bond acceptors (Lipinski definition) is 4. The molecule has 0 aromatic heterocycles. The van der Waals surface area contributed by atoms with Crippen molar-refractivity contribution in [1.29, 1.82) is 0 Å². The average molecular weight is 186 g/mol. The molecular weight excluding hydrogens is 172 g/mol. The highest BCUT2D eigenvalue weighted by Crippen LogP contribution is 2.00. The third-order valence-electron chi connectivity index (χ3n) is 1.52. The first-order valence-corrected chi connectivity index (χ1v) is 4.13. The van der Waals surface area contributed by atoms with Crippen molar-refractivity contribution >= 4 is 17.5 Å². The molecule has 13 heavy (non-hydrogen) atoms. The number of ether oxygens (including phenoxy) is 1. The molecule has 0 radical (unpaired) electrons. The molecule has 0 aliphatic heterocycles. The van der Waals surface area contributed by atoms with Gasteiger partial charge in [-0.1, -0.05) is 0 Å². The minimum Gasteiger partial charge on any atom is -0.455 e. The van der Waals surface area contributed by atoms with Gasteiger partial charge in [-0.2, -0.15) is 0 Å². The van der Waals surface area contributed by atoms with Crippen LogP contribution in [-0.2, 0) is 19.1 Å². The van der Waals surface area contributed by atoms with Crippen molar-refractivity contribution in [2.75, 3.05) is 0 Å². The third-order valence-corrected chi connectivity index (χ3v) is 1.52. The second-order valence-electron chi connectivity index (χ2n) is 2.92. The molecular formula is C9H14O4. The number of Topliss-reactive ketones (excluding diaryl/α,β-unsaturated/α-hetero) is 2. The van der Waals surface area contributed by atoms with Gasteiger partial charge in [0.25, 0.3) is 0 Å². The first-order valence-electron chi connectivity index (χ1n) is 4.13. The molecule has 0 aromatic rings. The normalized spacial score (nSPS) is 11.9. The molecule has 4 nitrogen and oxygen atoms in total. The van der Waals surface area contributed by atoms with Crippen LogP contribution in [0.5, 0.6) is 0 Å². The number of esters is 1. The molecule has 0 aliphatic carbocycles. The Balaban J connectivity index is 3.82. The second-order valence-corrected chi connectivity index (χ2v) is 2.92. The molecule has 0 spiro atoms. The summed E-state index contributed by atoms with van der Waals surface area (Å²) in [5.74, 6) is -0.738. The van der Waals surface area contributed by atoms with Gasteiger partial charge in [-0.15, -0.1) is 0 Å². The topological polar surface area (TPSA) is 60.4 Å². The minimum atomic E-state index is -0.739. The molecule has 0 saturated carbocycles. The van der Waals surface area contributed by atoms with Crippen LogP contribution in [-0.4, -0.2) is 23.6 Å². The maximum Gasteiger partial charge on any atom is 0.303 e. The van der Waals surface area contributed by atoms with Gasteiger partial charge < -0.3 is 9.53 Å². The van der Waals surface area contributed by atoms with Crippen LogP contribution < -0.4 is 0 Å². The molecule has 0 unspecified atom stereocenters. The monoisotopic (exact) mass is 186 g/mol. The lowest BCUT2D eigenvalue weighted by molar-refractivity contribution is -0.151. The van der Waals surface area contributed by atoms with Crippen molar-refractivity contribution in [2.45, 2.75) is 39.7 Å². The van der Waals surface area contributed by atoms with Crippen LogP contribution in [0.15, 0.2) is 0 Å². The van der Waals surface area contributed by atoms with Gasteiger partial charge in [0.1, 0.15) is 5.78 Å². The largest absolute Gasteiger partial charge is 0.455 e. The molecule has 74 valence electrons. The van der Waals surface area contributed by atoms with Crippen LogP contribution in [0.3, 0.4) is 0 Å². The van der Waals surface area contributed by atoms with E-state index in [1.165, 1.54) is 20.8 Å². The summed E-state index contributed by atoms with van der Waals surface area (Å²) >= 11 is 0. The van der Waals surface area contributed by atoms with E-state index in [-0.39, 0.29) is 24.4 Å². The first kappa shape index (κ1) is 11.8. The molecule has 0 rings (SSSR count). The molecule has 0 N–H and O–H groups in total. The Morgan fingerprint density at radius 2 is 1.69 bits per heavy atom. The summed E-state index contributed by atoms with van der Waals surface area (Å²) in [6, 6.07) is 0. The van der Waals surface area contributed by atoms with Crippen LogP contribution in [0.25, 0.3) is 0 Å². The molecule has 0 saturated heterocycles. The zero-order valence-corrected chi connectivity index (χ0v) is 8.12. The summed E-state index contributed by atoms with van der Waals surface area (Å²) in [6.45, 7) is 4.17. The van der Waals surface area contributed by atoms with Crippen molar-refractivity contribution in [3.05, 3.63) is 0 Å². The lowest BCUT2D eigenvalue weighted by atomic mass is 10.1. The zero-order valence-electron chi connectivity index (χ0n) is 8.12. The van der Waals surface area contributed by atoms with Crippen LogP contribution >= 0.6 is 0 Å². The maximum atomic E-state index is 11.2. The van der Waals surface area contributed by atoms with Crippen molar-refractivity contribution in [1.82, 2.24) is 0 Å². The van der Waals surface area contributed by atoms with Gasteiger partial charge in [0.05, 0.1) is 0 Å². The fourth-order valence-electron chi connectivity index (χ4n) is 0.817. The summed E-state index contributed by atoms with van der Waals surface area (Å²) < 4.78 is 4.64. The zero-order chi connectivity index (χ0) is 10.4. The summed E-state index contributed by atoms with van der Waals surface area (Å²) in [7, 11) is 0. The Kier molecular flexibility index (Phi) is 4.96. The van der Waals surface area contributed by atoms with E-state index in [1.807, 2.05) is 0 Å². The Morgan fingerprint density at radius 1 is 1.15 bits per heavy atom. The molecule has 0 heterocycles. The molecule has 4 heteroatoms. The lowest BCUT2D eigenvalue weighted by Gasteiger charge is -2.09. The van der Waals surface area contributed by atoms with Gasteiger partial charge in [-0.05, 0) is 13.8 Å². The quantitative estimate of drug-likeness (QED) is 0.598.